The molecule has 6 heteroatoms. The van der Waals surface area contributed by atoms with Gasteiger partial charge in [-0.25, -0.2) is 0 Å². The van der Waals surface area contributed by atoms with E-state index < -0.39 is 0 Å². The van der Waals surface area contributed by atoms with Crippen LogP contribution >= 0.6 is 23.5 Å². The highest BCUT2D eigenvalue weighted by atomic mass is 32.2. The fourth-order valence-electron chi connectivity index (χ4n) is 2.54. The smallest absolute Gasteiger partial charge is 0.243 e. The normalized spacial score (nSPS) is 32.8. The van der Waals surface area contributed by atoms with E-state index in [1.54, 1.807) is 0 Å². The summed E-state index contributed by atoms with van der Waals surface area (Å²) in [5.74, 6) is 4.13. The zero-order chi connectivity index (χ0) is 12.4. The molecule has 3 heterocycles. The summed E-state index contributed by atoms with van der Waals surface area (Å²) in [6.07, 6.45) is 3.49. The number of nitrogens with zero attached hydrogens (tertiary/aromatic N) is 2. The lowest BCUT2D eigenvalue weighted by Gasteiger charge is -2.27. The number of hydrogen-bond acceptors (Lipinski definition) is 6. The van der Waals surface area contributed by atoms with Crippen molar-refractivity contribution in [2.75, 3.05) is 18.1 Å². The minimum absolute atomic E-state index is 0.285. The molecule has 2 unspecified atom stereocenters. The summed E-state index contributed by atoms with van der Waals surface area (Å²) in [6, 6.07) is 0.285. The Morgan fingerprint density at radius 1 is 1.39 bits per heavy atom. The topological polar surface area (TPSA) is 51.0 Å². The Labute approximate surface area is 116 Å². The maximum Gasteiger partial charge on any atom is 0.243 e. The average Bonchev–Trinajstić information content (AvgIpc) is 3.09. The fraction of sp³-hybridized carbons (Fsp3) is 0.833. The number of thioether (sulfide) groups is 2. The van der Waals surface area contributed by atoms with Gasteiger partial charge in [-0.1, -0.05) is 12.1 Å². The summed E-state index contributed by atoms with van der Waals surface area (Å²) in [4.78, 5) is 4.64. The van der Waals surface area contributed by atoms with Crippen LogP contribution in [0.5, 0.6) is 0 Å². The summed E-state index contributed by atoms with van der Waals surface area (Å²) >= 11 is 4.03. The summed E-state index contributed by atoms with van der Waals surface area (Å²) < 4.78 is 5.45. The van der Waals surface area contributed by atoms with Crippen LogP contribution in [-0.2, 0) is 0 Å². The van der Waals surface area contributed by atoms with Crippen molar-refractivity contribution < 1.29 is 4.52 Å². The highest BCUT2D eigenvalue weighted by Crippen LogP contribution is 2.43. The van der Waals surface area contributed by atoms with Gasteiger partial charge in [0.1, 0.15) is 0 Å². The Kier molecular flexibility index (Phi) is 4.16. The number of hydrogen-bond donors (Lipinski definition) is 1. The van der Waals surface area contributed by atoms with Gasteiger partial charge in [-0.2, -0.15) is 16.7 Å². The van der Waals surface area contributed by atoms with Gasteiger partial charge in [0.25, 0.3) is 0 Å². The van der Waals surface area contributed by atoms with Gasteiger partial charge in [0.05, 0.1) is 11.3 Å². The molecular formula is C12H19N3OS2. The van der Waals surface area contributed by atoms with Crippen molar-refractivity contribution in [1.82, 2.24) is 15.5 Å². The van der Waals surface area contributed by atoms with Crippen LogP contribution in [0.25, 0.3) is 0 Å². The molecule has 2 saturated heterocycles. The largest absolute Gasteiger partial charge is 0.338 e. The molecular weight excluding hydrogens is 266 g/mol. The van der Waals surface area contributed by atoms with E-state index in [2.05, 4.69) is 22.4 Å². The molecule has 2 aliphatic rings. The van der Waals surface area contributed by atoms with Crippen LogP contribution in [0, 0.1) is 0 Å². The van der Waals surface area contributed by atoms with Gasteiger partial charge in [-0.05, 0) is 25.8 Å². The highest BCUT2D eigenvalue weighted by molar-refractivity contribution is 8.06. The standard InChI is InChI=1S/C12H19N3OS2/c1-2-9-10(18-7-6-17-9)11-14-12(16-15-11)8-4-3-5-13-8/h8-10,13H,2-7H2,1H3/t8-,9?,10?/m0/s1. The molecule has 100 valence electrons. The van der Waals surface area contributed by atoms with Gasteiger partial charge >= 0.3 is 0 Å². The second-order valence-electron chi connectivity index (χ2n) is 4.75. The Morgan fingerprint density at radius 2 is 2.28 bits per heavy atom. The predicted octanol–water partition coefficient (Wildman–Crippen LogP) is 2.79. The molecule has 0 amide bonds. The monoisotopic (exact) mass is 285 g/mol. The quantitative estimate of drug-likeness (QED) is 0.921. The zero-order valence-electron chi connectivity index (χ0n) is 10.6. The van der Waals surface area contributed by atoms with Gasteiger partial charge in [-0.15, -0.1) is 11.8 Å². The second kappa shape index (κ2) is 5.84. The van der Waals surface area contributed by atoms with Crippen molar-refractivity contribution in [2.24, 2.45) is 0 Å². The molecule has 0 saturated carbocycles. The van der Waals surface area contributed by atoms with E-state index in [4.69, 9.17) is 4.52 Å². The Bertz CT molecular complexity index is 392. The summed E-state index contributed by atoms with van der Waals surface area (Å²) in [5.41, 5.74) is 0. The van der Waals surface area contributed by atoms with Crippen LogP contribution < -0.4 is 5.32 Å². The molecule has 0 spiro atoms. The molecule has 18 heavy (non-hydrogen) atoms. The molecule has 1 aromatic rings. The first-order valence-electron chi connectivity index (χ1n) is 6.68. The number of aromatic nitrogens is 2. The molecule has 1 aromatic heterocycles. The number of nitrogens with one attached hydrogen (secondary N) is 1. The average molecular weight is 285 g/mol. The summed E-state index contributed by atoms with van der Waals surface area (Å²) in [7, 11) is 0. The molecule has 0 aromatic carbocycles. The maximum atomic E-state index is 5.45. The van der Waals surface area contributed by atoms with Crippen LogP contribution in [0.4, 0.5) is 0 Å². The molecule has 4 nitrogen and oxygen atoms in total. The van der Waals surface area contributed by atoms with E-state index in [-0.39, 0.29) is 6.04 Å². The Morgan fingerprint density at radius 3 is 3.06 bits per heavy atom. The van der Waals surface area contributed by atoms with Crippen LogP contribution in [0.15, 0.2) is 4.52 Å². The van der Waals surface area contributed by atoms with Gasteiger partial charge in [0, 0.05) is 16.8 Å². The van der Waals surface area contributed by atoms with Crippen molar-refractivity contribution in [2.45, 2.75) is 42.7 Å². The lowest BCUT2D eigenvalue weighted by molar-refractivity contribution is 0.341. The van der Waals surface area contributed by atoms with Crippen molar-refractivity contribution in [1.29, 1.82) is 0 Å². The van der Waals surface area contributed by atoms with Gasteiger partial charge in [0.2, 0.25) is 5.89 Å². The van der Waals surface area contributed by atoms with E-state index in [9.17, 15) is 0 Å². The molecule has 0 aliphatic carbocycles. The Balaban J connectivity index is 1.74. The minimum atomic E-state index is 0.285. The second-order valence-corrected chi connectivity index (χ2v) is 7.35. The summed E-state index contributed by atoms with van der Waals surface area (Å²) in [6.45, 7) is 3.31. The lowest BCUT2D eigenvalue weighted by Crippen LogP contribution is -2.19. The van der Waals surface area contributed by atoms with Crippen molar-refractivity contribution >= 4 is 23.5 Å². The van der Waals surface area contributed by atoms with E-state index in [0.29, 0.717) is 10.5 Å². The third kappa shape index (κ3) is 2.56. The predicted molar refractivity (Wildman–Crippen MR) is 76.0 cm³/mol. The number of rotatable bonds is 3. The van der Waals surface area contributed by atoms with Crippen LogP contribution in [-0.4, -0.2) is 33.4 Å². The molecule has 0 radical (unpaired) electrons. The van der Waals surface area contributed by atoms with Gasteiger partial charge < -0.3 is 9.84 Å². The van der Waals surface area contributed by atoms with Crippen molar-refractivity contribution in [3.8, 4) is 0 Å². The van der Waals surface area contributed by atoms with E-state index >= 15 is 0 Å². The fourth-order valence-corrected chi connectivity index (χ4v) is 5.52. The first-order chi connectivity index (χ1) is 8.88. The van der Waals surface area contributed by atoms with Crippen molar-refractivity contribution in [3.63, 3.8) is 0 Å². The van der Waals surface area contributed by atoms with Crippen LogP contribution in [0.3, 0.4) is 0 Å². The third-order valence-electron chi connectivity index (χ3n) is 3.52. The third-order valence-corrected chi connectivity index (χ3v) is 6.77. The first-order valence-corrected chi connectivity index (χ1v) is 8.78. The SMILES string of the molecule is CCC1SCCSC1c1noc([C@@H]2CCCN2)n1. The molecule has 2 fully saturated rings. The summed E-state index contributed by atoms with van der Waals surface area (Å²) in [5, 5.41) is 8.67. The van der Waals surface area contributed by atoms with Crippen LogP contribution in [0.2, 0.25) is 0 Å². The first kappa shape index (κ1) is 12.8. The van der Waals surface area contributed by atoms with E-state index in [0.717, 1.165) is 24.7 Å². The van der Waals surface area contributed by atoms with E-state index in [1.165, 1.54) is 24.3 Å². The molecule has 3 rings (SSSR count). The Hall–Kier alpha value is -0.200. The molecule has 0 bridgehead atoms. The van der Waals surface area contributed by atoms with Gasteiger partial charge in [0.15, 0.2) is 5.82 Å². The molecule has 2 aliphatic heterocycles. The maximum absolute atomic E-state index is 5.45. The lowest BCUT2D eigenvalue weighted by atomic mass is 10.2. The molecule has 1 N–H and O–H groups in total. The van der Waals surface area contributed by atoms with Gasteiger partial charge in [-0.3, -0.25) is 0 Å². The molecule has 3 atom stereocenters. The van der Waals surface area contributed by atoms with E-state index in [1.807, 2.05) is 23.5 Å². The highest BCUT2D eigenvalue weighted by Gasteiger charge is 2.31. The minimum Gasteiger partial charge on any atom is -0.338 e. The zero-order valence-corrected chi connectivity index (χ0v) is 12.2. The van der Waals surface area contributed by atoms with Crippen LogP contribution in [0.1, 0.15) is 49.2 Å². The van der Waals surface area contributed by atoms with Crippen molar-refractivity contribution in [3.05, 3.63) is 11.7 Å².